The van der Waals surface area contributed by atoms with E-state index >= 15 is 0 Å². The van der Waals surface area contributed by atoms with Crippen LogP contribution >= 0.6 is 0 Å². The Balaban J connectivity index is 2.04. The fraction of sp³-hybridized carbons (Fsp3) is 0.429. The molecule has 6 heteroatoms. The molecule has 3 rings (SSSR count). The van der Waals surface area contributed by atoms with Gasteiger partial charge >= 0.3 is 0 Å². The predicted octanol–water partition coefficient (Wildman–Crippen LogP) is 1.25. The normalized spacial score (nSPS) is 19.0. The van der Waals surface area contributed by atoms with Crippen molar-refractivity contribution in [1.82, 2.24) is 20.1 Å². The Morgan fingerprint density at radius 1 is 1.40 bits per heavy atom. The smallest absolute Gasteiger partial charge is 0.162 e. The Morgan fingerprint density at radius 3 is 3.00 bits per heavy atom. The van der Waals surface area contributed by atoms with E-state index in [1.165, 1.54) is 0 Å². The van der Waals surface area contributed by atoms with E-state index in [1.54, 1.807) is 7.11 Å². The van der Waals surface area contributed by atoms with Crippen LogP contribution in [0.5, 0.6) is 5.75 Å². The van der Waals surface area contributed by atoms with E-state index in [-0.39, 0.29) is 6.10 Å². The molecule has 1 fully saturated rings. The van der Waals surface area contributed by atoms with Crippen LogP contribution in [0.15, 0.2) is 24.3 Å². The Kier molecular flexibility index (Phi) is 3.66. The van der Waals surface area contributed by atoms with Crippen molar-refractivity contribution in [2.75, 3.05) is 26.8 Å². The Hall–Kier alpha value is -1.92. The van der Waals surface area contributed by atoms with Gasteiger partial charge in [0.2, 0.25) is 0 Å². The van der Waals surface area contributed by atoms with Gasteiger partial charge in [0.1, 0.15) is 23.4 Å². The van der Waals surface area contributed by atoms with Crippen LogP contribution in [0, 0.1) is 6.92 Å². The van der Waals surface area contributed by atoms with Crippen LogP contribution in [0.1, 0.15) is 17.8 Å². The number of hydrogen-bond donors (Lipinski definition) is 1. The monoisotopic (exact) mass is 274 g/mol. The lowest BCUT2D eigenvalue weighted by Crippen LogP contribution is -2.34. The lowest BCUT2D eigenvalue weighted by Gasteiger charge is -2.23. The van der Waals surface area contributed by atoms with Gasteiger partial charge in [-0.05, 0) is 19.1 Å². The van der Waals surface area contributed by atoms with Gasteiger partial charge in [-0.2, -0.15) is 5.10 Å². The molecular formula is C14H18N4O2. The van der Waals surface area contributed by atoms with Gasteiger partial charge in [-0.25, -0.2) is 9.67 Å². The van der Waals surface area contributed by atoms with Crippen molar-refractivity contribution in [2.45, 2.75) is 13.0 Å². The van der Waals surface area contributed by atoms with Gasteiger partial charge in [0.15, 0.2) is 5.82 Å². The molecule has 0 aliphatic carbocycles. The zero-order chi connectivity index (χ0) is 13.9. The third-order valence-electron chi connectivity index (χ3n) is 3.27. The molecule has 0 saturated carbocycles. The largest absolute Gasteiger partial charge is 0.494 e. The Bertz CT molecular complexity index is 591. The number of nitrogens with one attached hydrogen (secondary N) is 1. The van der Waals surface area contributed by atoms with Crippen molar-refractivity contribution in [3.8, 4) is 11.4 Å². The summed E-state index contributed by atoms with van der Waals surface area (Å²) in [5, 5.41) is 7.79. The number of aryl methyl sites for hydroxylation is 1. The third-order valence-corrected chi connectivity index (χ3v) is 3.27. The topological polar surface area (TPSA) is 61.2 Å². The molecule has 106 valence electrons. The average Bonchev–Trinajstić information content (AvgIpc) is 2.90. The first kappa shape index (κ1) is 13.1. The molecular weight excluding hydrogens is 256 g/mol. The van der Waals surface area contributed by atoms with E-state index in [2.05, 4.69) is 15.4 Å². The average molecular weight is 274 g/mol. The molecule has 6 nitrogen and oxygen atoms in total. The minimum Gasteiger partial charge on any atom is -0.494 e. The molecule has 1 aliphatic rings. The third kappa shape index (κ3) is 2.39. The SMILES string of the molecule is COc1ccccc1-n1nc(C)nc1C1CNCCO1. The molecule has 1 unspecified atom stereocenters. The highest BCUT2D eigenvalue weighted by Crippen LogP contribution is 2.26. The van der Waals surface area contributed by atoms with Crippen molar-refractivity contribution >= 4 is 0 Å². The Morgan fingerprint density at radius 2 is 2.25 bits per heavy atom. The van der Waals surface area contributed by atoms with E-state index in [4.69, 9.17) is 9.47 Å². The second kappa shape index (κ2) is 5.60. The number of hydrogen-bond acceptors (Lipinski definition) is 5. The number of nitrogens with zero attached hydrogens (tertiary/aromatic N) is 3. The zero-order valence-electron chi connectivity index (χ0n) is 11.7. The summed E-state index contributed by atoms with van der Waals surface area (Å²) < 4.78 is 13.0. The first-order valence-corrected chi connectivity index (χ1v) is 6.69. The van der Waals surface area contributed by atoms with Crippen LogP contribution in [0.4, 0.5) is 0 Å². The van der Waals surface area contributed by atoms with Crippen LogP contribution < -0.4 is 10.1 Å². The van der Waals surface area contributed by atoms with Gasteiger partial charge in [0.25, 0.3) is 0 Å². The molecule has 1 atom stereocenters. The second-order valence-corrected chi connectivity index (χ2v) is 4.66. The quantitative estimate of drug-likeness (QED) is 0.912. The summed E-state index contributed by atoms with van der Waals surface area (Å²) in [6, 6.07) is 7.77. The molecule has 1 saturated heterocycles. The van der Waals surface area contributed by atoms with Gasteiger partial charge in [-0.3, -0.25) is 0 Å². The van der Waals surface area contributed by atoms with Crippen molar-refractivity contribution in [2.24, 2.45) is 0 Å². The lowest BCUT2D eigenvalue weighted by molar-refractivity contribution is 0.0208. The highest BCUT2D eigenvalue weighted by atomic mass is 16.5. The maximum Gasteiger partial charge on any atom is 0.162 e. The fourth-order valence-corrected chi connectivity index (χ4v) is 2.35. The van der Waals surface area contributed by atoms with Gasteiger partial charge in [-0.1, -0.05) is 12.1 Å². The summed E-state index contributed by atoms with van der Waals surface area (Å²) in [7, 11) is 1.65. The highest BCUT2D eigenvalue weighted by molar-refractivity contribution is 5.46. The van der Waals surface area contributed by atoms with Crippen LogP contribution in [-0.2, 0) is 4.74 Å². The summed E-state index contributed by atoms with van der Waals surface area (Å²) >= 11 is 0. The molecule has 0 spiro atoms. The number of benzene rings is 1. The minimum atomic E-state index is -0.0881. The molecule has 20 heavy (non-hydrogen) atoms. The van der Waals surface area contributed by atoms with E-state index in [0.29, 0.717) is 6.61 Å². The van der Waals surface area contributed by atoms with Crippen LogP contribution in [-0.4, -0.2) is 41.6 Å². The standard InChI is InChI=1S/C14H18N4O2/c1-10-16-14(13-9-15-7-8-20-13)18(17-10)11-5-3-4-6-12(11)19-2/h3-6,13,15H,7-9H2,1-2H3. The fourth-order valence-electron chi connectivity index (χ4n) is 2.35. The number of morpholine rings is 1. The predicted molar refractivity (Wildman–Crippen MR) is 74.2 cm³/mol. The summed E-state index contributed by atoms with van der Waals surface area (Å²) in [5.41, 5.74) is 0.875. The molecule has 1 aliphatic heterocycles. The molecule has 0 amide bonds. The van der Waals surface area contributed by atoms with Crippen molar-refractivity contribution < 1.29 is 9.47 Å². The van der Waals surface area contributed by atoms with E-state index in [0.717, 1.165) is 36.2 Å². The van der Waals surface area contributed by atoms with Gasteiger partial charge in [-0.15, -0.1) is 0 Å². The molecule has 2 aromatic rings. The first-order chi connectivity index (χ1) is 9.79. The maximum atomic E-state index is 5.79. The highest BCUT2D eigenvalue weighted by Gasteiger charge is 2.24. The zero-order valence-corrected chi connectivity index (χ0v) is 11.7. The number of para-hydroxylation sites is 2. The number of rotatable bonds is 3. The summed E-state index contributed by atoms with van der Waals surface area (Å²) in [4.78, 5) is 4.52. The first-order valence-electron chi connectivity index (χ1n) is 6.69. The van der Waals surface area contributed by atoms with Crippen LogP contribution in [0.3, 0.4) is 0 Å². The molecule has 1 aromatic heterocycles. The van der Waals surface area contributed by atoms with Gasteiger partial charge in [0, 0.05) is 13.1 Å². The molecule has 0 radical (unpaired) electrons. The van der Waals surface area contributed by atoms with Crippen molar-refractivity contribution in [3.05, 3.63) is 35.9 Å². The van der Waals surface area contributed by atoms with E-state index in [9.17, 15) is 0 Å². The van der Waals surface area contributed by atoms with Crippen molar-refractivity contribution in [3.63, 3.8) is 0 Å². The van der Waals surface area contributed by atoms with Gasteiger partial charge in [0.05, 0.1) is 13.7 Å². The maximum absolute atomic E-state index is 5.79. The van der Waals surface area contributed by atoms with Crippen LogP contribution in [0.25, 0.3) is 5.69 Å². The number of methoxy groups -OCH3 is 1. The molecule has 1 N–H and O–H groups in total. The Labute approximate surface area is 117 Å². The number of aromatic nitrogens is 3. The second-order valence-electron chi connectivity index (χ2n) is 4.66. The lowest BCUT2D eigenvalue weighted by atomic mass is 10.2. The van der Waals surface area contributed by atoms with E-state index < -0.39 is 0 Å². The molecule has 1 aromatic carbocycles. The molecule has 2 heterocycles. The summed E-state index contributed by atoms with van der Waals surface area (Å²) in [5.74, 6) is 2.29. The summed E-state index contributed by atoms with van der Waals surface area (Å²) in [6.45, 7) is 4.18. The van der Waals surface area contributed by atoms with E-state index in [1.807, 2.05) is 35.9 Å². The van der Waals surface area contributed by atoms with Crippen molar-refractivity contribution in [1.29, 1.82) is 0 Å². The summed E-state index contributed by atoms with van der Waals surface area (Å²) in [6.07, 6.45) is -0.0881. The minimum absolute atomic E-state index is 0.0881. The van der Waals surface area contributed by atoms with Crippen LogP contribution in [0.2, 0.25) is 0 Å². The number of ether oxygens (including phenoxy) is 2. The molecule has 0 bridgehead atoms. The van der Waals surface area contributed by atoms with Gasteiger partial charge < -0.3 is 14.8 Å².